The highest BCUT2D eigenvalue weighted by atomic mass is 32.1. The Morgan fingerprint density at radius 3 is 2.02 bits per heavy atom. The van der Waals surface area contributed by atoms with Crippen molar-refractivity contribution in [2.45, 2.75) is 18.2 Å². The molecular weight excluding hydrogens is 509 g/mol. The van der Waals surface area contributed by atoms with E-state index in [4.69, 9.17) is 9.31 Å². The molecule has 1 N–H and O–H groups in total. The van der Waals surface area contributed by atoms with Gasteiger partial charge in [-0.3, -0.25) is 0 Å². The zero-order valence-electron chi connectivity index (χ0n) is 21.9. The van der Waals surface area contributed by atoms with Crippen LogP contribution in [0.5, 0.6) is 5.75 Å². The van der Waals surface area contributed by atoms with E-state index in [1.165, 1.54) is 26.7 Å². The van der Waals surface area contributed by atoms with Crippen molar-refractivity contribution in [1.29, 1.82) is 0 Å². The number of thiophene rings is 1. The summed E-state index contributed by atoms with van der Waals surface area (Å²) in [7, 11) is 0. The lowest BCUT2D eigenvalue weighted by Crippen LogP contribution is -3.24. The topological polar surface area (TPSA) is 22.9 Å². The zero-order valence-corrected chi connectivity index (χ0v) is 22.8. The van der Waals surface area contributed by atoms with Crippen molar-refractivity contribution in [2.75, 3.05) is 0 Å². The van der Waals surface area contributed by atoms with Crippen LogP contribution in [0.2, 0.25) is 0 Å². The van der Waals surface area contributed by atoms with Gasteiger partial charge in [-0.1, -0.05) is 133 Å². The molecule has 0 amide bonds. The number of benzene rings is 5. The highest BCUT2D eigenvalue weighted by molar-refractivity contribution is 7.09. The third-order valence-electron chi connectivity index (χ3n) is 8.81. The predicted octanol–water partition coefficient (Wildman–Crippen LogP) is 6.24. The Kier molecular flexibility index (Phi) is 5.46. The number of fused-ring (bicyclic) bond motifs is 4. The molecule has 5 heteroatoms. The number of hydrogen-bond donors (Lipinski definition) is 1. The first-order chi connectivity index (χ1) is 19.8. The molecule has 3 heterocycles. The van der Waals surface area contributed by atoms with Gasteiger partial charge < -0.3 is 14.1 Å². The molecule has 3 atom stereocenters. The molecule has 2 aliphatic heterocycles. The third-order valence-corrected chi connectivity index (χ3v) is 9.51. The summed E-state index contributed by atoms with van der Waals surface area (Å²) >= 11 is 1.69. The molecule has 1 fully saturated rings. The summed E-state index contributed by atoms with van der Waals surface area (Å²) in [6.07, 6.45) is 0. The van der Waals surface area contributed by atoms with Crippen LogP contribution in [-0.2, 0) is 16.8 Å². The maximum atomic E-state index is 7.70. The second kappa shape index (κ2) is 9.21. The smallest absolute Gasteiger partial charge is 0.556 e. The Hall–Kier alpha value is -4.16. The van der Waals surface area contributed by atoms with E-state index in [0.29, 0.717) is 0 Å². The molecule has 0 aliphatic carbocycles. The molecule has 2 aliphatic rings. The molecule has 1 saturated heterocycles. The quantitative estimate of drug-likeness (QED) is 0.269. The van der Waals surface area contributed by atoms with Gasteiger partial charge in [-0.25, -0.2) is 0 Å². The summed E-state index contributed by atoms with van der Waals surface area (Å²) in [6, 6.07) is 47.4. The molecule has 0 spiro atoms. The predicted molar refractivity (Wildman–Crippen MR) is 163 cm³/mol. The van der Waals surface area contributed by atoms with Crippen LogP contribution in [0.3, 0.4) is 0 Å². The van der Waals surface area contributed by atoms with Gasteiger partial charge in [0, 0.05) is 11.1 Å². The Balaban J connectivity index is 1.46. The first-order valence-corrected chi connectivity index (χ1v) is 14.8. The summed E-state index contributed by atoms with van der Waals surface area (Å²) in [5.41, 5.74) is 5.06. The minimum absolute atomic E-state index is 0.0643. The number of rotatable bonds is 4. The van der Waals surface area contributed by atoms with Gasteiger partial charge >= 0.3 is 6.69 Å². The lowest BCUT2D eigenvalue weighted by molar-refractivity contribution is -0.850. The normalized spacial score (nSPS) is 22.8. The molecule has 194 valence electrons. The van der Waals surface area contributed by atoms with Crippen molar-refractivity contribution >= 4 is 34.3 Å². The lowest BCUT2D eigenvalue weighted by Gasteiger charge is -2.46. The maximum absolute atomic E-state index is 7.70. The highest BCUT2D eigenvalue weighted by Crippen LogP contribution is 2.50. The molecule has 5 aromatic carbocycles. The van der Waals surface area contributed by atoms with Gasteiger partial charge in [0.15, 0.2) is 0 Å². The summed E-state index contributed by atoms with van der Waals surface area (Å²) in [4.78, 5) is 1.29. The van der Waals surface area contributed by atoms with E-state index in [9.17, 15) is 0 Å². The van der Waals surface area contributed by atoms with E-state index in [-0.39, 0.29) is 6.04 Å². The van der Waals surface area contributed by atoms with E-state index in [1.54, 1.807) is 11.3 Å². The Bertz CT molecular complexity index is 1750. The van der Waals surface area contributed by atoms with E-state index in [2.05, 4.69) is 144 Å². The van der Waals surface area contributed by atoms with Crippen molar-refractivity contribution in [2.24, 2.45) is 0 Å². The van der Waals surface area contributed by atoms with Crippen LogP contribution in [0.25, 0.3) is 10.8 Å². The number of quaternary nitrogens is 1. The van der Waals surface area contributed by atoms with Gasteiger partial charge in [0.05, 0.1) is 12.3 Å². The molecule has 3 nitrogen and oxygen atoms in total. The van der Waals surface area contributed by atoms with E-state index >= 15 is 0 Å². The molecule has 0 saturated carbocycles. The van der Waals surface area contributed by atoms with Crippen molar-refractivity contribution in [3.05, 3.63) is 166 Å². The standard InChI is InChI=1S/C35H28BNO2S/c1-4-13-27(14-5-1)34-35(28-15-6-2-7-16-28,29-17-8-3-9-18-29)39-36(30-22-23-40-25-30)37(34)24-32-31-19-11-10-12-26(31)20-21-33(32)38-36/h1-23,25,34,37H,24H2/t34-,36?/m1/s1. The fourth-order valence-electron chi connectivity index (χ4n) is 7.16. The van der Waals surface area contributed by atoms with E-state index in [0.717, 1.165) is 28.9 Å². The molecule has 40 heavy (non-hydrogen) atoms. The minimum atomic E-state index is -1.98. The summed E-state index contributed by atoms with van der Waals surface area (Å²) < 4.78 is 15.0. The Morgan fingerprint density at radius 2 is 1.35 bits per heavy atom. The lowest BCUT2D eigenvalue weighted by atomic mass is 9.61. The van der Waals surface area contributed by atoms with Gasteiger partial charge in [0.1, 0.15) is 11.6 Å². The fourth-order valence-corrected chi connectivity index (χ4v) is 7.89. The fraction of sp³-hybridized carbons (Fsp3) is 0.0857. The van der Waals surface area contributed by atoms with Crippen molar-refractivity contribution in [3.63, 3.8) is 0 Å². The molecule has 8 rings (SSSR count). The van der Waals surface area contributed by atoms with Crippen molar-refractivity contribution in [1.82, 2.24) is 0 Å². The van der Waals surface area contributed by atoms with Gasteiger partial charge in [0.25, 0.3) is 0 Å². The first kappa shape index (κ1) is 23.7. The van der Waals surface area contributed by atoms with Crippen LogP contribution in [0.1, 0.15) is 28.3 Å². The molecule has 0 radical (unpaired) electrons. The highest BCUT2D eigenvalue weighted by Gasteiger charge is 2.67. The molecule has 1 aromatic heterocycles. The van der Waals surface area contributed by atoms with Gasteiger partial charge in [0.2, 0.25) is 0 Å². The maximum Gasteiger partial charge on any atom is 0.556 e. The second-order valence-corrected chi connectivity index (χ2v) is 11.6. The first-order valence-electron chi connectivity index (χ1n) is 13.9. The molecular formula is C35H28BNO2S. The van der Waals surface area contributed by atoms with Crippen LogP contribution in [-0.4, -0.2) is 6.69 Å². The number of nitrogens with one attached hydrogen (secondary N) is 1. The molecule has 6 aromatic rings. The molecule has 2 unspecified atom stereocenters. The number of hydrogen-bond acceptors (Lipinski definition) is 3. The SMILES string of the molecule is c1ccc([C@H]2[NH+]3Cc4c(ccc5ccccc45)O[B-]3(c3ccsc3)OC2(c2ccccc2)c2ccccc2)cc1. The summed E-state index contributed by atoms with van der Waals surface area (Å²) in [5.74, 6) is 0.914. The van der Waals surface area contributed by atoms with E-state index in [1.807, 2.05) is 0 Å². The van der Waals surface area contributed by atoms with Crippen LogP contribution in [0, 0.1) is 0 Å². The average Bonchev–Trinajstić information content (AvgIpc) is 3.68. The minimum Gasteiger partial charge on any atom is -0.637 e. The largest absolute Gasteiger partial charge is 0.637 e. The third kappa shape index (κ3) is 3.39. The van der Waals surface area contributed by atoms with Crippen molar-refractivity contribution < 1.29 is 14.1 Å². The monoisotopic (exact) mass is 537 g/mol. The van der Waals surface area contributed by atoms with Crippen LogP contribution >= 0.6 is 11.3 Å². The van der Waals surface area contributed by atoms with Gasteiger partial charge in [-0.2, -0.15) is 11.3 Å². The van der Waals surface area contributed by atoms with Crippen molar-refractivity contribution in [3.8, 4) is 5.75 Å². The summed E-state index contributed by atoms with van der Waals surface area (Å²) in [6.45, 7) is -1.20. The summed E-state index contributed by atoms with van der Waals surface area (Å²) in [5, 5.41) is 6.81. The Labute approximate surface area is 238 Å². The van der Waals surface area contributed by atoms with Crippen LogP contribution in [0.4, 0.5) is 0 Å². The zero-order chi connectivity index (χ0) is 26.6. The van der Waals surface area contributed by atoms with Gasteiger partial charge in [-0.15, -0.1) is 0 Å². The average molecular weight is 537 g/mol. The second-order valence-electron chi connectivity index (χ2n) is 10.8. The van der Waals surface area contributed by atoms with Gasteiger partial charge in [-0.05, 0) is 38.7 Å². The van der Waals surface area contributed by atoms with E-state index < -0.39 is 12.3 Å². The van der Waals surface area contributed by atoms with Crippen LogP contribution < -0.4 is 14.9 Å². The van der Waals surface area contributed by atoms with Crippen LogP contribution in [0.15, 0.2) is 144 Å². The molecule has 0 bridgehead atoms. The Morgan fingerprint density at radius 1 is 0.700 bits per heavy atom.